The summed E-state index contributed by atoms with van der Waals surface area (Å²) in [6, 6.07) is 8.43. The molecule has 1 aromatic carbocycles. The lowest BCUT2D eigenvalue weighted by molar-refractivity contribution is 0.0963. The molecule has 2 atom stereocenters. The predicted octanol–water partition coefficient (Wildman–Crippen LogP) is 3.43. The van der Waals surface area contributed by atoms with E-state index in [1.807, 2.05) is 24.3 Å². The van der Waals surface area contributed by atoms with E-state index in [0.29, 0.717) is 6.04 Å². The highest BCUT2D eigenvalue weighted by Crippen LogP contribution is 2.44. The lowest BCUT2D eigenvalue weighted by atomic mass is 9.82. The Hall–Kier alpha value is -1.51. The summed E-state index contributed by atoms with van der Waals surface area (Å²) >= 11 is 0. The largest absolute Gasteiger partial charge is 0.382 e. The normalized spacial score (nSPS) is 26.1. The third kappa shape index (κ3) is 3.14. The van der Waals surface area contributed by atoms with Gasteiger partial charge in [0.05, 0.1) is 0 Å². The van der Waals surface area contributed by atoms with Gasteiger partial charge in [0, 0.05) is 24.3 Å². The fourth-order valence-corrected chi connectivity index (χ4v) is 3.45. The first-order chi connectivity index (χ1) is 9.76. The molecule has 0 bridgehead atoms. The Morgan fingerprint density at radius 2 is 1.80 bits per heavy atom. The summed E-state index contributed by atoms with van der Waals surface area (Å²) < 4.78 is 0. The lowest BCUT2D eigenvalue weighted by Gasteiger charge is -2.30. The number of carbonyl (C=O) groups excluding carboxylic acids is 1. The molecule has 0 heterocycles. The molecule has 0 spiro atoms. The molecule has 3 heteroatoms. The molecule has 2 fully saturated rings. The van der Waals surface area contributed by atoms with E-state index in [-0.39, 0.29) is 5.91 Å². The zero-order chi connectivity index (χ0) is 13.9. The minimum Gasteiger partial charge on any atom is -0.382 e. The van der Waals surface area contributed by atoms with E-state index in [0.717, 1.165) is 23.1 Å². The second-order valence-electron chi connectivity index (χ2n) is 6.26. The van der Waals surface area contributed by atoms with Crippen LogP contribution < -0.4 is 10.6 Å². The van der Waals surface area contributed by atoms with E-state index < -0.39 is 0 Å². The number of benzene rings is 1. The maximum absolute atomic E-state index is 11.5. The summed E-state index contributed by atoms with van der Waals surface area (Å²) in [5, 5.41) is 6.29. The van der Waals surface area contributed by atoms with Crippen molar-refractivity contribution in [3.05, 3.63) is 29.8 Å². The second kappa shape index (κ2) is 5.86. The van der Waals surface area contributed by atoms with Gasteiger partial charge >= 0.3 is 0 Å². The number of hydrogen-bond donors (Lipinski definition) is 2. The van der Waals surface area contributed by atoms with Gasteiger partial charge in [-0.2, -0.15) is 0 Å². The van der Waals surface area contributed by atoms with Gasteiger partial charge in [-0.1, -0.05) is 12.8 Å². The molecular weight excluding hydrogens is 248 g/mol. The summed E-state index contributed by atoms with van der Waals surface area (Å²) in [5.74, 6) is 1.95. The number of rotatable bonds is 4. The highest BCUT2D eigenvalue weighted by Gasteiger charge is 2.34. The van der Waals surface area contributed by atoms with E-state index in [4.69, 9.17) is 0 Å². The SMILES string of the molecule is CNC(=O)c1ccc(NC2CCCC(C3CC3)C2)cc1. The smallest absolute Gasteiger partial charge is 0.251 e. The van der Waals surface area contributed by atoms with Crippen molar-refractivity contribution in [3.8, 4) is 0 Å². The molecule has 3 rings (SSSR count). The van der Waals surface area contributed by atoms with Crippen molar-refractivity contribution in [1.29, 1.82) is 0 Å². The lowest BCUT2D eigenvalue weighted by Crippen LogP contribution is -2.28. The standard InChI is InChI=1S/C17H24N2O/c1-18-17(20)13-7-9-15(10-8-13)19-16-4-2-3-14(11-16)12-5-6-12/h7-10,12,14,16,19H,2-6,11H2,1H3,(H,18,20). The maximum atomic E-state index is 11.5. The van der Waals surface area contributed by atoms with Crippen molar-refractivity contribution in [1.82, 2.24) is 5.32 Å². The summed E-state index contributed by atoms with van der Waals surface area (Å²) in [6.45, 7) is 0. The van der Waals surface area contributed by atoms with Crippen molar-refractivity contribution >= 4 is 11.6 Å². The van der Waals surface area contributed by atoms with E-state index in [1.54, 1.807) is 7.05 Å². The van der Waals surface area contributed by atoms with Crippen molar-refractivity contribution in [3.63, 3.8) is 0 Å². The molecule has 0 radical (unpaired) electrons. The van der Waals surface area contributed by atoms with Crippen LogP contribution in [0.3, 0.4) is 0 Å². The Balaban J connectivity index is 1.58. The van der Waals surface area contributed by atoms with Crippen LogP contribution in [0.25, 0.3) is 0 Å². The van der Waals surface area contributed by atoms with E-state index in [1.165, 1.54) is 38.5 Å². The van der Waals surface area contributed by atoms with Crippen LogP contribution in [0.1, 0.15) is 48.9 Å². The van der Waals surface area contributed by atoms with Crippen LogP contribution in [0, 0.1) is 11.8 Å². The second-order valence-corrected chi connectivity index (χ2v) is 6.26. The molecular formula is C17H24N2O. The summed E-state index contributed by atoms with van der Waals surface area (Å²) in [5.41, 5.74) is 1.86. The quantitative estimate of drug-likeness (QED) is 0.881. The van der Waals surface area contributed by atoms with Crippen LogP contribution >= 0.6 is 0 Å². The Kier molecular flexibility index (Phi) is 3.95. The fourth-order valence-electron chi connectivity index (χ4n) is 3.45. The molecule has 3 nitrogen and oxygen atoms in total. The molecule has 2 saturated carbocycles. The van der Waals surface area contributed by atoms with Crippen LogP contribution in [0.2, 0.25) is 0 Å². The van der Waals surface area contributed by atoms with Gasteiger partial charge in [0.15, 0.2) is 0 Å². The molecule has 1 aromatic rings. The van der Waals surface area contributed by atoms with Gasteiger partial charge in [0.25, 0.3) is 5.91 Å². The molecule has 2 unspecified atom stereocenters. The first-order valence-corrected chi connectivity index (χ1v) is 7.85. The van der Waals surface area contributed by atoms with Gasteiger partial charge in [-0.15, -0.1) is 0 Å². The minimum atomic E-state index is -0.0250. The Labute approximate surface area is 121 Å². The van der Waals surface area contributed by atoms with Crippen LogP contribution in [0.5, 0.6) is 0 Å². The number of hydrogen-bond acceptors (Lipinski definition) is 2. The predicted molar refractivity (Wildman–Crippen MR) is 81.9 cm³/mol. The van der Waals surface area contributed by atoms with Crippen LogP contribution in [-0.2, 0) is 0 Å². The molecule has 20 heavy (non-hydrogen) atoms. The first-order valence-electron chi connectivity index (χ1n) is 7.85. The molecule has 2 N–H and O–H groups in total. The van der Waals surface area contributed by atoms with Gasteiger partial charge in [-0.25, -0.2) is 0 Å². The van der Waals surface area contributed by atoms with Crippen LogP contribution in [0.4, 0.5) is 5.69 Å². The zero-order valence-corrected chi connectivity index (χ0v) is 12.2. The molecule has 0 aliphatic heterocycles. The Morgan fingerprint density at radius 3 is 2.45 bits per heavy atom. The third-order valence-electron chi connectivity index (χ3n) is 4.75. The van der Waals surface area contributed by atoms with E-state index >= 15 is 0 Å². The number of amides is 1. The third-order valence-corrected chi connectivity index (χ3v) is 4.75. The van der Waals surface area contributed by atoms with Gasteiger partial charge < -0.3 is 10.6 Å². The molecule has 1 amide bonds. The molecule has 108 valence electrons. The maximum Gasteiger partial charge on any atom is 0.251 e. The van der Waals surface area contributed by atoms with Gasteiger partial charge in [0.2, 0.25) is 0 Å². The van der Waals surface area contributed by atoms with Crippen molar-refractivity contribution < 1.29 is 4.79 Å². The monoisotopic (exact) mass is 272 g/mol. The van der Waals surface area contributed by atoms with Crippen LogP contribution in [-0.4, -0.2) is 19.0 Å². The van der Waals surface area contributed by atoms with Crippen molar-refractivity contribution in [2.24, 2.45) is 11.8 Å². The minimum absolute atomic E-state index is 0.0250. The fraction of sp³-hybridized carbons (Fsp3) is 0.588. The molecule has 0 aromatic heterocycles. The summed E-state index contributed by atoms with van der Waals surface area (Å²) in [7, 11) is 1.66. The van der Waals surface area contributed by atoms with E-state index in [2.05, 4.69) is 10.6 Å². The first kappa shape index (κ1) is 13.5. The van der Waals surface area contributed by atoms with Crippen molar-refractivity contribution in [2.45, 2.75) is 44.6 Å². The number of anilines is 1. The van der Waals surface area contributed by atoms with Gasteiger partial charge in [-0.05, 0) is 61.8 Å². The molecule has 2 aliphatic carbocycles. The van der Waals surface area contributed by atoms with E-state index in [9.17, 15) is 4.79 Å². The molecule has 2 aliphatic rings. The van der Waals surface area contributed by atoms with Gasteiger partial charge in [-0.3, -0.25) is 4.79 Å². The average Bonchev–Trinajstić information content (AvgIpc) is 3.32. The number of carbonyl (C=O) groups is 1. The Morgan fingerprint density at radius 1 is 1.05 bits per heavy atom. The zero-order valence-electron chi connectivity index (χ0n) is 12.2. The molecule has 0 saturated heterocycles. The highest BCUT2D eigenvalue weighted by molar-refractivity contribution is 5.94. The van der Waals surface area contributed by atoms with Crippen LogP contribution in [0.15, 0.2) is 24.3 Å². The van der Waals surface area contributed by atoms with Crippen molar-refractivity contribution in [2.75, 3.05) is 12.4 Å². The van der Waals surface area contributed by atoms with Gasteiger partial charge in [0.1, 0.15) is 0 Å². The average molecular weight is 272 g/mol. The highest BCUT2D eigenvalue weighted by atomic mass is 16.1. The summed E-state index contributed by atoms with van der Waals surface area (Å²) in [4.78, 5) is 11.5. The topological polar surface area (TPSA) is 41.1 Å². The Bertz CT molecular complexity index is 464. The number of nitrogens with one attached hydrogen (secondary N) is 2. The summed E-state index contributed by atoms with van der Waals surface area (Å²) in [6.07, 6.45) is 8.30.